The van der Waals surface area contributed by atoms with Gasteiger partial charge in [-0.1, -0.05) is 56.3 Å². The lowest BCUT2D eigenvalue weighted by molar-refractivity contribution is -0.145. The molecule has 0 aromatic heterocycles. The number of hydrogen-bond donors (Lipinski definition) is 3. The highest BCUT2D eigenvalue weighted by Crippen LogP contribution is 2.38. The fraction of sp³-hybridized carbons (Fsp3) is 0.412. The Kier molecular flexibility index (Phi) is 13.0. The predicted octanol–water partition coefficient (Wildman–Crippen LogP) is 6.17. The lowest BCUT2D eigenvalue weighted by Gasteiger charge is -2.26. The van der Waals surface area contributed by atoms with E-state index < -0.39 is 25.4 Å². The minimum Gasteiger partial charge on any atom is -0.508 e. The van der Waals surface area contributed by atoms with Crippen LogP contribution in [0.3, 0.4) is 0 Å². The lowest BCUT2D eigenvalue weighted by atomic mass is 9.93. The summed E-state index contributed by atoms with van der Waals surface area (Å²) in [5, 5.41) is 15.9. The zero-order valence-electron chi connectivity index (χ0n) is 26.5. The molecule has 0 spiro atoms. The van der Waals surface area contributed by atoms with Crippen molar-refractivity contribution >= 4 is 19.4 Å². The van der Waals surface area contributed by atoms with Gasteiger partial charge in [0.1, 0.15) is 24.1 Å². The molecule has 3 aromatic carbocycles. The van der Waals surface area contributed by atoms with Gasteiger partial charge in [-0.05, 0) is 98.0 Å². The van der Waals surface area contributed by atoms with E-state index in [-0.39, 0.29) is 38.4 Å². The molecule has 44 heavy (non-hydrogen) atoms. The van der Waals surface area contributed by atoms with Crippen LogP contribution in [0.2, 0.25) is 0 Å². The van der Waals surface area contributed by atoms with Gasteiger partial charge in [-0.25, -0.2) is 10.2 Å². The Hall–Kier alpha value is -3.65. The SMILES string of the molecule is CCOC(=O)CNP(=O)(COc1cc(C)c(Cc2ccc(O)c(C(C)C)c2)c(C)c1)N[C@H](Cc1ccccc1)C(=O)OCC. The van der Waals surface area contributed by atoms with Crippen LogP contribution in [0.15, 0.2) is 60.7 Å². The molecule has 0 radical (unpaired) electrons. The Balaban J connectivity index is 1.83. The van der Waals surface area contributed by atoms with Gasteiger partial charge >= 0.3 is 11.9 Å². The fourth-order valence-electron chi connectivity index (χ4n) is 4.92. The highest BCUT2D eigenvalue weighted by molar-refractivity contribution is 7.59. The maximum atomic E-state index is 14.2. The van der Waals surface area contributed by atoms with Gasteiger partial charge in [-0.3, -0.25) is 14.2 Å². The van der Waals surface area contributed by atoms with E-state index in [0.717, 1.165) is 33.4 Å². The number of esters is 2. The standard InChI is InChI=1S/C34H45N2O7P/c1-7-41-33(38)21-35-44(40,36-31(34(39)42-8-2)20-26-12-10-9-11-13-26)22-43-28-16-24(5)30(25(6)17-28)19-27-14-15-32(37)29(18-27)23(3)4/h9-18,23,31,37H,7-8,19-22H2,1-6H3,(H2,35,36,40)/t31-,44?/m1/s1. The summed E-state index contributed by atoms with van der Waals surface area (Å²) < 4.78 is 30.6. The first kappa shape index (κ1) is 34.8. The van der Waals surface area contributed by atoms with Crippen LogP contribution < -0.4 is 14.9 Å². The molecule has 0 saturated heterocycles. The maximum Gasteiger partial charge on any atom is 0.323 e. The molecule has 238 valence electrons. The number of nitrogens with one attached hydrogen (secondary N) is 2. The monoisotopic (exact) mass is 624 g/mol. The molecule has 2 atom stereocenters. The van der Waals surface area contributed by atoms with Crippen LogP contribution >= 0.6 is 7.44 Å². The van der Waals surface area contributed by atoms with Gasteiger partial charge in [0.25, 0.3) is 0 Å². The van der Waals surface area contributed by atoms with Gasteiger partial charge in [-0.2, -0.15) is 0 Å². The van der Waals surface area contributed by atoms with Gasteiger partial charge < -0.3 is 19.3 Å². The highest BCUT2D eigenvalue weighted by Gasteiger charge is 2.32. The molecule has 9 nitrogen and oxygen atoms in total. The topological polar surface area (TPSA) is 123 Å². The van der Waals surface area contributed by atoms with Crippen molar-refractivity contribution in [3.8, 4) is 11.5 Å². The molecule has 3 N–H and O–H groups in total. The van der Waals surface area contributed by atoms with Crippen LogP contribution in [0.5, 0.6) is 11.5 Å². The Bertz CT molecular complexity index is 1440. The lowest BCUT2D eigenvalue weighted by Crippen LogP contribution is -2.42. The number of aryl methyl sites for hydroxylation is 2. The van der Waals surface area contributed by atoms with Gasteiger partial charge in [0.05, 0.1) is 13.2 Å². The van der Waals surface area contributed by atoms with E-state index in [2.05, 4.69) is 10.2 Å². The predicted molar refractivity (Wildman–Crippen MR) is 172 cm³/mol. The summed E-state index contributed by atoms with van der Waals surface area (Å²) in [6, 6.07) is 17.9. The van der Waals surface area contributed by atoms with Crippen molar-refractivity contribution in [2.45, 2.75) is 66.3 Å². The normalized spacial score (nSPS) is 13.2. The molecule has 0 aliphatic heterocycles. The van der Waals surface area contributed by atoms with Gasteiger partial charge in [0.2, 0.25) is 7.44 Å². The zero-order chi connectivity index (χ0) is 32.3. The summed E-state index contributed by atoms with van der Waals surface area (Å²) in [6.45, 7) is 11.5. The van der Waals surface area contributed by atoms with Crippen molar-refractivity contribution in [1.29, 1.82) is 0 Å². The highest BCUT2D eigenvalue weighted by atomic mass is 31.2. The van der Waals surface area contributed by atoms with Crippen LogP contribution in [0.25, 0.3) is 0 Å². The van der Waals surface area contributed by atoms with E-state index in [1.165, 1.54) is 0 Å². The maximum absolute atomic E-state index is 14.2. The summed E-state index contributed by atoms with van der Waals surface area (Å²) in [5.41, 5.74) is 5.97. The Morgan fingerprint density at radius 2 is 1.57 bits per heavy atom. The molecule has 0 bridgehead atoms. The average molecular weight is 625 g/mol. The second-order valence-corrected chi connectivity index (χ2v) is 13.3. The quantitative estimate of drug-likeness (QED) is 0.127. The third kappa shape index (κ3) is 10.2. The summed E-state index contributed by atoms with van der Waals surface area (Å²) in [7, 11) is -3.70. The van der Waals surface area contributed by atoms with Crippen molar-refractivity contribution in [3.63, 3.8) is 0 Å². The summed E-state index contributed by atoms with van der Waals surface area (Å²) in [5.74, 6) is -0.125. The first-order chi connectivity index (χ1) is 20.9. The fourth-order valence-corrected chi connectivity index (χ4v) is 6.59. The number of hydrogen-bond acceptors (Lipinski definition) is 7. The second-order valence-electron chi connectivity index (χ2n) is 11.0. The molecule has 3 aromatic rings. The van der Waals surface area contributed by atoms with E-state index in [4.69, 9.17) is 14.2 Å². The van der Waals surface area contributed by atoms with Crippen molar-refractivity contribution in [3.05, 3.63) is 94.0 Å². The summed E-state index contributed by atoms with van der Waals surface area (Å²) >= 11 is 0. The van der Waals surface area contributed by atoms with Crippen LogP contribution in [0.4, 0.5) is 0 Å². The molecule has 0 saturated carbocycles. The Morgan fingerprint density at radius 3 is 2.18 bits per heavy atom. The van der Waals surface area contributed by atoms with Crippen molar-refractivity contribution in [1.82, 2.24) is 10.2 Å². The number of phenols is 1. The van der Waals surface area contributed by atoms with Gasteiger partial charge in [0.15, 0.2) is 6.35 Å². The summed E-state index contributed by atoms with van der Waals surface area (Å²) in [6.07, 6.45) is 0.582. The van der Waals surface area contributed by atoms with Crippen molar-refractivity contribution in [2.24, 2.45) is 0 Å². The number of aromatic hydroxyl groups is 1. The van der Waals surface area contributed by atoms with Crippen LogP contribution in [-0.2, 0) is 36.5 Å². The average Bonchev–Trinajstić information content (AvgIpc) is 2.98. The van der Waals surface area contributed by atoms with E-state index >= 15 is 0 Å². The molecule has 0 fully saturated rings. The number of carbonyl (C=O) groups is 2. The number of phenolic OH excluding ortho intramolecular Hbond substituents is 1. The number of rotatable bonds is 16. The minimum absolute atomic E-state index is 0.163. The smallest absolute Gasteiger partial charge is 0.323 e. The second kappa shape index (κ2) is 16.4. The molecule has 1 unspecified atom stereocenters. The Labute approximate surface area is 260 Å². The van der Waals surface area contributed by atoms with E-state index in [1.807, 2.05) is 82.3 Å². The molecular weight excluding hydrogens is 579 g/mol. The molecule has 10 heteroatoms. The first-order valence-corrected chi connectivity index (χ1v) is 16.9. The number of ether oxygens (including phenoxy) is 3. The Morgan fingerprint density at radius 1 is 0.909 bits per heavy atom. The van der Waals surface area contributed by atoms with Gasteiger partial charge in [0, 0.05) is 0 Å². The van der Waals surface area contributed by atoms with Crippen LogP contribution in [0, 0.1) is 13.8 Å². The van der Waals surface area contributed by atoms with Crippen LogP contribution in [0.1, 0.15) is 67.0 Å². The number of carbonyl (C=O) groups excluding carboxylic acids is 2. The third-order valence-corrected chi connectivity index (χ3v) is 9.07. The molecule has 0 amide bonds. The van der Waals surface area contributed by atoms with Crippen molar-refractivity contribution < 1.29 is 33.5 Å². The van der Waals surface area contributed by atoms with E-state index in [9.17, 15) is 19.3 Å². The first-order valence-electron chi connectivity index (χ1n) is 15.0. The van der Waals surface area contributed by atoms with Gasteiger partial charge in [-0.15, -0.1) is 0 Å². The van der Waals surface area contributed by atoms with Crippen LogP contribution in [-0.4, -0.2) is 49.2 Å². The number of benzene rings is 3. The molecular formula is C34H45N2O7P. The molecule has 3 rings (SSSR count). The molecule has 0 aliphatic carbocycles. The van der Waals surface area contributed by atoms with Crippen molar-refractivity contribution in [2.75, 3.05) is 26.1 Å². The van der Waals surface area contributed by atoms with E-state index in [0.29, 0.717) is 17.9 Å². The largest absolute Gasteiger partial charge is 0.508 e. The summed E-state index contributed by atoms with van der Waals surface area (Å²) in [4.78, 5) is 25.1. The van der Waals surface area contributed by atoms with E-state index in [1.54, 1.807) is 19.9 Å². The minimum atomic E-state index is -3.70. The third-order valence-electron chi connectivity index (χ3n) is 7.18. The molecule has 0 aliphatic rings. The zero-order valence-corrected chi connectivity index (χ0v) is 27.4. The molecule has 0 heterocycles.